The number of hydrogen-bond donors (Lipinski definition) is 1. The molecule has 0 aliphatic heterocycles. The van der Waals surface area contributed by atoms with E-state index in [1.165, 1.54) is 24.3 Å². The first-order valence-corrected chi connectivity index (χ1v) is 8.19. The van der Waals surface area contributed by atoms with Crippen molar-refractivity contribution in [1.82, 2.24) is 10.2 Å². The summed E-state index contributed by atoms with van der Waals surface area (Å²) in [7, 11) is 1.53. The number of nitrogens with one attached hydrogen (secondary N) is 1. The second kappa shape index (κ2) is 7.34. The van der Waals surface area contributed by atoms with E-state index >= 15 is 0 Å². The first kappa shape index (κ1) is 17.0. The van der Waals surface area contributed by atoms with Gasteiger partial charge in [0.15, 0.2) is 0 Å². The summed E-state index contributed by atoms with van der Waals surface area (Å²) in [6, 6.07) is 13.2. The molecule has 128 valence electrons. The van der Waals surface area contributed by atoms with Crippen molar-refractivity contribution in [2.45, 2.75) is 20.3 Å². The topological polar surface area (TPSA) is 37.9 Å². The lowest BCUT2D eigenvalue weighted by Gasteiger charge is -2.03. The van der Waals surface area contributed by atoms with Gasteiger partial charge in [0.05, 0.1) is 18.5 Å². The summed E-state index contributed by atoms with van der Waals surface area (Å²) in [6.07, 6.45) is 4.34. The second-order valence-electron chi connectivity index (χ2n) is 6.07. The number of allylic oxidation sites excluding steroid dienone is 1. The summed E-state index contributed by atoms with van der Waals surface area (Å²) in [5.74, 6) is 0.265. The van der Waals surface area contributed by atoms with E-state index in [-0.39, 0.29) is 5.82 Å². The molecule has 0 aliphatic rings. The molecule has 0 atom stereocenters. The Bertz CT molecular complexity index is 912. The van der Waals surface area contributed by atoms with Gasteiger partial charge in [0.2, 0.25) is 0 Å². The highest BCUT2D eigenvalue weighted by atomic mass is 19.1. The number of rotatable bonds is 5. The van der Waals surface area contributed by atoms with E-state index in [0.29, 0.717) is 17.7 Å². The summed E-state index contributed by atoms with van der Waals surface area (Å²) >= 11 is 0. The SMILES string of the molecule is COc1ccc(C/C=C/c2cc(-c3ccc(C)c(C)c3)n[nH]2)c(F)c1. The van der Waals surface area contributed by atoms with Crippen LogP contribution in [0.5, 0.6) is 5.75 Å². The van der Waals surface area contributed by atoms with Crippen LogP contribution in [0.4, 0.5) is 4.39 Å². The van der Waals surface area contributed by atoms with Crippen LogP contribution in [0.25, 0.3) is 17.3 Å². The zero-order valence-corrected chi connectivity index (χ0v) is 14.6. The number of aromatic amines is 1. The van der Waals surface area contributed by atoms with Gasteiger partial charge >= 0.3 is 0 Å². The Morgan fingerprint density at radius 3 is 2.64 bits per heavy atom. The molecule has 4 heteroatoms. The van der Waals surface area contributed by atoms with E-state index in [1.807, 2.05) is 18.2 Å². The van der Waals surface area contributed by atoms with E-state index in [0.717, 1.165) is 17.0 Å². The van der Waals surface area contributed by atoms with Crippen molar-refractivity contribution in [3.8, 4) is 17.0 Å². The minimum Gasteiger partial charge on any atom is -0.497 e. The molecule has 3 nitrogen and oxygen atoms in total. The number of H-pyrrole nitrogens is 1. The minimum absolute atomic E-state index is 0.260. The number of nitrogens with zero attached hydrogens (tertiary/aromatic N) is 1. The van der Waals surface area contributed by atoms with Crippen LogP contribution in [0.3, 0.4) is 0 Å². The molecule has 1 aromatic heterocycles. The number of benzene rings is 2. The van der Waals surface area contributed by atoms with Gasteiger partial charge in [0, 0.05) is 11.6 Å². The fraction of sp³-hybridized carbons (Fsp3) is 0.190. The molecule has 3 aromatic rings. The summed E-state index contributed by atoms with van der Waals surface area (Å²) in [5, 5.41) is 7.36. The fourth-order valence-electron chi connectivity index (χ4n) is 2.60. The molecular weight excluding hydrogens is 315 g/mol. The Morgan fingerprint density at radius 2 is 1.92 bits per heavy atom. The molecule has 0 bridgehead atoms. The average Bonchev–Trinajstić information content (AvgIpc) is 3.07. The zero-order chi connectivity index (χ0) is 17.8. The average molecular weight is 336 g/mol. The van der Waals surface area contributed by atoms with Crippen molar-refractivity contribution in [1.29, 1.82) is 0 Å². The van der Waals surface area contributed by atoms with Crippen LogP contribution < -0.4 is 4.74 Å². The summed E-state index contributed by atoms with van der Waals surface area (Å²) < 4.78 is 18.9. The third-order valence-corrected chi connectivity index (χ3v) is 4.30. The van der Waals surface area contributed by atoms with Crippen LogP contribution in [-0.2, 0) is 6.42 Å². The maximum absolute atomic E-state index is 13.9. The Hall–Kier alpha value is -2.88. The highest BCUT2D eigenvalue weighted by Gasteiger charge is 2.05. The van der Waals surface area contributed by atoms with Crippen molar-refractivity contribution in [2.75, 3.05) is 7.11 Å². The Balaban J connectivity index is 1.70. The maximum atomic E-state index is 13.9. The molecular formula is C21H21FN2O. The molecule has 0 fully saturated rings. The molecule has 25 heavy (non-hydrogen) atoms. The van der Waals surface area contributed by atoms with Crippen molar-refractivity contribution in [3.63, 3.8) is 0 Å². The fourth-order valence-corrected chi connectivity index (χ4v) is 2.60. The molecule has 3 rings (SSSR count). The monoisotopic (exact) mass is 336 g/mol. The lowest BCUT2D eigenvalue weighted by atomic mass is 10.0. The van der Waals surface area contributed by atoms with Crippen LogP contribution >= 0.6 is 0 Å². The van der Waals surface area contributed by atoms with Crippen molar-refractivity contribution < 1.29 is 9.13 Å². The normalized spacial score (nSPS) is 11.2. The first-order chi connectivity index (χ1) is 12.1. The highest BCUT2D eigenvalue weighted by Crippen LogP contribution is 2.22. The molecule has 0 unspecified atom stereocenters. The third kappa shape index (κ3) is 3.97. The molecule has 1 heterocycles. The van der Waals surface area contributed by atoms with Gasteiger partial charge in [-0.2, -0.15) is 5.10 Å². The van der Waals surface area contributed by atoms with Gasteiger partial charge in [0.25, 0.3) is 0 Å². The number of methoxy groups -OCH3 is 1. The molecule has 0 saturated carbocycles. The van der Waals surface area contributed by atoms with E-state index in [4.69, 9.17) is 4.74 Å². The Morgan fingerprint density at radius 1 is 1.08 bits per heavy atom. The number of hydrogen-bond acceptors (Lipinski definition) is 2. The highest BCUT2D eigenvalue weighted by molar-refractivity contribution is 5.64. The van der Waals surface area contributed by atoms with Crippen molar-refractivity contribution in [2.24, 2.45) is 0 Å². The summed E-state index contributed by atoms with van der Waals surface area (Å²) in [4.78, 5) is 0. The first-order valence-electron chi connectivity index (χ1n) is 8.19. The smallest absolute Gasteiger partial charge is 0.130 e. The van der Waals surface area contributed by atoms with Crippen LogP contribution in [0.1, 0.15) is 22.4 Å². The van der Waals surface area contributed by atoms with Crippen LogP contribution in [0.15, 0.2) is 48.5 Å². The number of aromatic nitrogens is 2. The molecule has 0 radical (unpaired) electrons. The van der Waals surface area contributed by atoms with Gasteiger partial charge in [-0.3, -0.25) is 5.10 Å². The Labute approximate surface area is 147 Å². The van der Waals surface area contributed by atoms with Gasteiger partial charge in [-0.15, -0.1) is 0 Å². The summed E-state index contributed by atoms with van der Waals surface area (Å²) in [5.41, 5.74) is 6.01. The van der Waals surface area contributed by atoms with Gasteiger partial charge < -0.3 is 4.74 Å². The van der Waals surface area contributed by atoms with E-state index in [2.05, 4.69) is 42.2 Å². The lowest BCUT2D eigenvalue weighted by Crippen LogP contribution is -1.90. The number of aryl methyl sites for hydroxylation is 2. The third-order valence-electron chi connectivity index (χ3n) is 4.30. The van der Waals surface area contributed by atoms with Gasteiger partial charge in [-0.05, 0) is 61.2 Å². The Kier molecular flexibility index (Phi) is 4.98. The van der Waals surface area contributed by atoms with Crippen molar-refractivity contribution in [3.05, 3.63) is 76.7 Å². The summed E-state index contributed by atoms with van der Waals surface area (Å²) in [6.45, 7) is 4.19. The quantitative estimate of drug-likeness (QED) is 0.704. The predicted molar refractivity (Wildman–Crippen MR) is 99.2 cm³/mol. The number of ether oxygens (including phenoxy) is 1. The van der Waals surface area contributed by atoms with E-state index in [1.54, 1.807) is 12.1 Å². The van der Waals surface area contributed by atoms with Crippen LogP contribution in [0.2, 0.25) is 0 Å². The minimum atomic E-state index is -0.260. The molecule has 0 spiro atoms. The number of halogens is 1. The van der Waals surface area contributed by atoms with Crippen LogP contribution in [-0.4, -0.2) is 17.3 Å². The standard InChI is InChI=1S/C21H21FN2O/c1-14-7-8-17(11-15(14)2)21-12-18(23-24-21)6-4-5-16-9-10-19(25-3)13-20(16)22/h4,6-13H,5H2,1-3H3,(H,23,24)/b6-4+. The van der Waals surface area contributed by atoms with E-state index in [9.17, 15) is 4.39 Å². The molecule has 1 N–H and O–H groups in total. The largest absolute Gasteiger partial charge is 0.497 e. The predicted octanol–water partition coefficient (Wildman–Crippen LogP) is 5.10. The van der Waals surface area contributed by atoms with Crippen LogP contribution in [0, 0.1) is 19.7 Å². The molecule has 0 aliphatic carbocycles. The lowest BCUT2D eigenvalue weighted by molar-refractivity contribution is 0.411. The van der Waals surface area contributed by atoms with E-state index < -0.39 is 0 Å². The molecule has 2 aromatic carbocycles. The van der Waals surface area contributed by atoms with Gasteiger partial charge in [-0.1, -0.05) is 24.3 Å². The van der Waals surface area contributed by atoms with Gasteiger partial charge in [0.1, 0.15) is 11.6 Å². The second-order valence-corrected chi connectivity index (χ2v) is 6.07. The maximum Gasteiger partial charge on any atom is 0.130 e. The molecule has 0 amide bonds. The zero-order valence-electron chi connectivity index (χ0n) is 14.6. The van der Waals surface area contributed by atoms with Crippen molar-refractivity contribution >= 4 is 6.08 Å². The van der Waals surface area contributed by atoms with Gasteiger partial charge in [-0.25, -0.2) is 4.39 Å². The molecule has 0 saturated heterocycles.